The third kappa shape index (κ3) is 6.89. The smallest absolute Gasteiger partial charge is 0.239 e. The third-order valence-electron chi connectivity index (χ3n) is 3.41. The predicted molar refractivity (Wildman–Crippen MR) is 103 cm³/mol. The summed E-state index contributed by atoms with van der Waals surface area (Å²) in [5.41, 5.74) is 7.00. The molecule has 1 atom stereocenters. The van der Waals surface area contributed by atoms with Gasteiger partial charge in [0.15, 0.2) is 0 Å². The lowest BCUT2D eigenvalue weighted by Crippen LogP contribution is -2.41. The van der Waals surface area contributed by atoms with E-state index in [0.717, 1.165) is 23.3 Å². The Balaban J connectivity index is 0.00000288. The molecule has 1 aromatic heterocycles. The maximum atomic E-state index is 12.0. The molecule has 0 aliphatic carbocycles. The molecule has 25 heavy (non-hydrogen) atoms. The van der Waals surface area contributed by atoms with Crippen molar-refractivity contribution in [2.45, 2.75) is 26.3 Å². The Hall–Kier alpha value is -1.83. The van der Waals surface area contributed by atoms with Gasteiger partial charge in [0.25, 0.3) is 0 Å². The van der Waals surface area contributed by atoms with Gasteiger partial charge in [-0.1, -0.05) is 26.0 Å². The average Bonchev–Trinajstić information content (AvgIpc) is 2.95. The summed E-state index contributed by atoms with van der Waals surface area (Å²) >= 11 is 0. The lowest BCUT2D eigenvalue weighted by molar-refractivity contribution is -0.125. The van der Waals surface area contributed by atoms with Gasteiger partial charge in [-0.15, -0.1) is 24.8 Å². The first-order chi connectivity index (χ1) is 11.0. The highest BCUT2D eigenvalue weighted by molar-refractivity contribution is 5.86. The molecule has 9 heteroatoms. The third-order valence-corrected chi connectivity index (χ3v) is 3.41. The second-order valence-electron chi connectivity index (χ2n) is 5.87. The van der Waals surface area contributed by atoms with Crippen LogP contribution in [0.3, 0.4) is 0 Å². The summed E-state index contributed by atoms with van der Waals surface area (Å²) < 4.78 is 0. The van der Waals surface area contributed by atoms with E-state index in [1.807, 2.05) is 24.3 Å². The van der Waals surface area contributed by atoms with E-state index in [4.69, 9.17) is 5.73 Å². The van der Waals surface area contributed by atoms with Crippen LogP contribution in [0.15, 0.2) is 24.3 Å². The van der Waals surface area contributed by atoms with Crippen molar-refractivity contribution in [3.8, 4) is 0 Å². The Labute approximate surface area is 159 Å². The second-order valence-corrected chi connectivity index (χ2v) is 5.87. The zero-order chi connectivity index (χ0) is 16.8. The maximum Gasteiger partial charge on any atom is 0.239 e. The van der Waals surface area contributed by atoms with Crippen LogP contribution in [0.25, 0.3) is 11.0 Å². The fourth-order valence-corrected chi connectivity index (χ4v) is 2.34. The van der Waals surface area contributed by atoms with Crippen molar-refractivity contribution >= 4 is 47.7 Å². The Morgan fingerprint density at radius 3 is 2.48 bits per heavy atom. The summed E-state index contributed by atoms with van der Waals surface area (Å²) in [6, 6.07) is 7.49. The van der Waals surface area contributed by atoms with Crippen molar-refractivity contribution in [3.63, 3.8) is 0 Å². The lowest BCUT2D eigenvalue weighted by Gasteiger charge is -2.18. The van der Waals surface area contributed by atoms with Crippen LogP contribution in [0.5, 0.6) is 0 Å². The molecule has 5 N–H and O–H groups in total. The van der Waals surface area contributed by atoms with Crippen LogP contribution in [-0.4, -0.2) is 34.9 Å². The van der Waals surface area contributed by atoms with E-state index in [9.17, 15) is 9.59 Å². The van der Waals surface area contributed by atoms with Crippen LogP contribution in [0.4, 0.5) is 0 Å². The number of aromatic nitrogens is 2. The van der Waals surface area contributed by atoms with E-state index >= 15 is 0 Å². The number of aromatic amines is 1. The maximum absolute atomic E-state index is 12.0. The predicted octanol–water partition coefficient (Wildman–Crippen LogP) is 1.68. The number of H-pyrrole nitrogens is 1. The molecule has 0 bridgehead atoms. The van der Waals surface area contributed by atoms with Crippen molar-refractivity contribution in [2.24, 2.45) is 11.7 Å². The Morgan fingerprint density at radius 1 is 1.20 bits per heavy atom. The van der Waals surface area contributed by atoms with Gasteiger partial charge in [-0.3, -0.25) is 9.59 Å². The van der Waals surface area contributed by atoms with Gasteiger partial charge in [-0.2, -0.15) is 0 Å². The van der Waals surface area contributed by atoms with Crippen molar-refractivity contribution in [3.05, 3.63) is 30.1 Å². The summed E-state index contributed by atoms with van der Waals surface area (Å²) in [7, 11) is 0. The van der Waals surface area contributed by atoms with Crippen LogP contribution in [0.1, 0.15) is 32.1 Å². The zero-order valence-electron chi connectivity index (χ0n) is 14.2. The molecule has 2 rings (SSSR count). The van der Waals surface area contributed by atoms with E-state index in [1.54, 1.807) is 0 Å². The first-order valence-corrected chi connectivity index (χ1v) is 7.70. The molecule has 0 saturated heterocycles. The number of nitrogens with two attached hydrogens (primary N) is 1. The first kappa shape index (κ1) is 23.2. The SMILES string of the molecule is CC(C)CC(NC(=O)CNC(=O)CN)c1nc2ccccc2[nH]1.Cl.Cl. The fraction of sp³-hybridized carbons (Fsp3) is 0.438. The molecule has 1 unspecified atom stereocenters. The Kier molecular flexibility index (Phi) is 10.1. The summed E-state index contributed by atoms with van der Waals surface area (Å²) in [5, 5.41) is 5.38. The molecule has 140 valence electrons. The van der Waals surface area contributed by atoms with Crippen LogP contribution in [0, 0.1) is 5.92 Å². The molecular weight excluding hydrogens is 365 g/mol. The van der Waals surface area contributed by atoms with E-state index in [-0.39, 0.29) is 55.8 Å². The second kappa shape index (κ2) is 10.9. The van der Waals surface area contributed by atoms with Gasteiger partial charge in [-0.25, -0.2) is 4.98 Å². The fourth-order valence-electron chi connectivity index (χ4n) is 2.34. The molecule has 0 aliphatic heterocycles. The minimum atomic E-state index is -0.357. The molecule has 7 nitrogen and oxygen atoms in total. The summed E-state index contributed by atoms with van der Waals surface area (Å²) in [5.74, 6) is 0.479. The van der Waals surface area contributed by atoms with Crippen molar-refractivity contribution < 1.29 is 9.59 Å². The van der Waals surface area contributed by atoms with E-state index in [1.165, 1.54) is 0 Å². The number of nitrogens with zero attached hydrogens (tertiary/aromatic N) is 1. The standard InChI is InChI=1S/C16H23N5O2.2ClH/c1-10(2)7-13(19-15(23)9-18-14(22)8-17)16-20-11-5-3-4-6-12(11)21-16;;/h3-6,10,13H,7-9,17H2,1-2H3,(H,18,22)(H,19,23)(H,20,21);2*1H. The number of amides is 2. The number of halogens is 2. The summed E-state index contributed by atoms with van der Waals surface area (Å²) in [4.78, 5) is 31.0. The Morgan fingerprint density at radius 2 is 1.88 bits per heavy atom. The number of para-hydroxylation sites is 2. The first-order valence-electron chi connectivity index (χ1n) is 7.70. The molecule has 2 amide bonds. The largest absolute Gasteiger partial charge is 0.346 e. The summed E-state index contributed by atoms with van der Waals surface area (Å²) in [6.07, 6.45) is 0.746. The van der Waals surface area contributed by atoms with E-state index in [0.29, 0.717) is 5.92 Å². The molecule has 2 aromatic rings. The number of imidazole rings is 1. The number of hydrogen-bond donors (Lipinski definition) is 4. The van der Waals surface area contributed by atoms with Gasteiger partial charge in [-0.05, 0) is 24.5 Å². The van der Waals surface area contributed by atoms with E-state index < -0.39 is 0 Å². The van der Waals surface area contributed by atoms with Crippen LogP contribution in [-0.2, 0) is 9.59 Å². The van der Waals surface area contributed by atoms with Gasteiger partial charge < -0.3 is 21.4 Å². The number of nitrogens with one attached hydrogen (secondary N) is 3. The van der Waals surface area contributed by atoms with Gasteiger partial charge in [0.2, 0.25) is 11.8 Å². The highest BCUT2D eigenvalue weighted by atomic mass is 35.5. The molecular formula is C16H25Cl2N5O2. The minimum absolute atomic E-state index is 0. The monoisotopic (exact) mass is 389 g/mol. The highest BCUT2D eigenvalue weighted by Crippen LogP contribution is 2.21. The molecule has 0 radical (unpaired) electrons. The molecule has 0 fully saturated rings. The zero-order valence-corrected chi connectivity index (χ0v) is 15.9. The summed E-state index contributed by atoms with van der Waals surface area (Å²) in [6.45, 7) is 3.94. The number of rotatable bonds is 7. The number of fused-ring (bicyclic) bond motifs is 1. The topological polar surface area (TPSA) is 113 Å². The normalized spacial score (nSPS) is 11.4. The van der Waals surface area contributed by atoms with Gasteiger partial charge >= 0.3 is 0 Å². The van der Waals surface area contributed by atoms with Crippen LogP contribution in [0.2, 0.25) is 0 Å². The number of hydrogen-bond acceptors (Lipinski definition) is 4. The molecule has 1 aromatic carbocycles. The van der Waals surface area contributed by atoms with Crippen LogP contribution < -0.4 is 16.4 Å². The molecule has 1 heterocycles. The van der Waals surface area contributed by atoms with Gasteiger partial charge in [0.1, 0.15) is 5.82 Å². The van der Waals surface area contributed by atoms with Crippen molar-refractivity contribution in [2.75, 3.05) is 13.1 Å². The lowest BCUT2D eigenvalue weighted by atomic mass is 10.0. The minimum Gasteiger partial charge on any atom is -0.346 e. The quantitative estimate of drug-likeness (QED) is 0.576. The van der Waals surface area contributed by atoms with Crippen LogP contribution >= 0.6 is 24.8 Å². The highest BCUT2D eigenvalue weighted by Gasteiger charge is 2.19. The molecule has 0 aliphatic rings. The number of carbonyl (C=O) groups excluding carboxylic acids is 2. The van der Waals surface area contributed by atoms with Crippen molar-refractivity contribution in [1.82, 2.24) is 20.6 Å². The van der Waals surface area contributed by atoms with Gasteiger partial charge in [0.05, 0.1) is 30.2 Å². The number of carbonyl (C=O) groups is 2. The Bertz CT molecular complexity index is 657. The van der Waals surface area contributed by atoms with Crippen molar-refractivity contribution in [1.29, 1.82) is 0 Å². The van der Waals surface area contributed by atoms with E-state index in [2.05, 4.69) is 34.4 Å². The molecule has 0 spiro atoms. The average molecular weight is 390 g/mol. The van der Waals surface area contributed by atoms with Gasteiger partial charge in [0, 0.05) is 0 Å². The number of benzene rings is 1. The molecule has 0 saturated carbocycles.